The van der Waals surface area contributed by atoms with Crippen LogP contribution in [0.4, 0.5) is 0 Å². The molecule has 68 valence electrons. The molecule has 12 heavy (non-hydrogen) atoms. The van der Waals surface area contributed by atoms with Crippen molar-refractivity contribution >= 4 is 5.91 Å². The second kappa shape index (κ2) is 4.93. The zero-order chi connectivity index (χ0) is 8.81. The number of nitrogens with one attached hydrogen (secondary N) is 2. The van der Waals surface area contributed by atoms with E-state index >= 15 is 0 Å². The molecule has 0 spiro atoms. The Bertz CT molecular complexity index is 164. The topological polar surface area (TPSA) is 41.1 Å². The molecule has 0 aromatic heterocycles. The first-order chi connectivity index (χ1) is 5.83. The van der Waals surface area contributed by atoms with Gasteiger partial charge in [-0.3, -0.25) is 4.79 Å². The highest BCUT2D eigenvalue weighted by molar-refractivity contribution is 5.77. The van der Waals surface area contributed by atoms with E-state index in [2.05, 4.69) is 17.2 Å². The summed E-state index contributed by atoms with van der Waals surface area (Å²) in [6.45, 7) is 5.50. The molecule has 0 saturated heterocycles. The highest BCUT2D eigenvalue weighted by Gasteiger charge is 2.21. The summed E-state index contributed by atoms with van der Waals surface area (Å²) in [5, 5.41) is 5.82. The molecule has 3 heteroatoms. The number of rotatable bonds is 6. The first-order valence-electron chi connectivity index (χ1n) is 4.41. The summed E-state index contributed by atoms with van der Waals surface area (Å²) in [5.41, 5.74) is 0. The SMILES string of the molecule is C=CCNCC(=O)NCC1CC1. The first-order valence-corrected chi connectivity index (χ1v) is 4.41. The third-order valence-electron chi connectivity index (χ3n) is 1.86. The van der Waals surface area contributed by atoms with Crippen LogP contribution in [0.5, 0.6) is 0 Å². The van der Waals surface area contributed by atoms with Crippen LogP contribution >= 0.6 is 0 Å². The lowest BCUT2D eigenvalue weighted by Gasteiger charge is -2.03. The molecule has 0 aliphatic heterocycles. The van der Waals surface area contributed by atoms with Gasteiger partial charge in [0.2, 0.25) is 5.91 Å². The lowest BCUT2D eigenvalue weighted by atomic mass is 10.4. The minimum absolute atomic E-state index is 0.0868. The number of carbonyl (C=O) groups excluding carboxylic acids is 1. The maximum atomic E-state index is 11.0. The summed E-state index contributed by atoms with van der Waals surface area (Å²) >= 11 is 0. The molecule has 0 heterocycles. The molecule has 1 amide bonds. The Kier molecular flexibility index (Phi) is 3.80. The molecular weight excluding hydrogens is 152 g/mol. The van der Waals surface area contributed by atoms with E-state index in [0.717, 1.165) is 12.5 Å². The number of hydrogen-bond donors (Lipinski definition) is 2. The Balaban J connectivity index is 1.91. The van der Waals surface area contributed by atoms with Crippen LogP contribution in [0.1, 0.15) is 12.8 Å². The third kappa shape index (κ3) is 4.13. The predicted molar refractivity (Wildman–Crippen MR) is 48.8 cm³/mol. The van der Waals surface area contributed by atoms with E-state index in [1.165, 1.54) is 12.8 Å². The van der Waals surface area contributed by atoms with Crippen molar-refractivity contribution in [1.29, 1.82) is 0 Å². The minimum Gasteiger partial charge on any atom is -0.355 e. The molecule has 0 atom stereocenters. The van der Waals surface area contributed by atoms with Crippen LogP contribution < -0.4 is 10.6 Å². The van der Waals surface area contributed by atoms with Crippen molar-refractivity contribution in [2.75, 3.05) is 19.6 Å². The molecule has 0 bridgehead atoms. The Labute approximate surface area is 73.2 Å². The van der Waals surface area contributed by atoms with Gasteiger partial charge >= 0.3 is 0 Å². The van der Waals surface area contributed by atoms with E-state index in [4.69, 9.17) is 0 Å². The van der Waals surface area contributed by atoms with Crippen molar-refractivity contribution < 1.29 is 4.79 Å². The standard InChI is InChI=1S/C9H16N2O/c1-2-5-10-7-9(12)11-6-8-3-4-8/h2,8,10H,1,3-7H2,(H,11,12). The van der Waals surface area contributed by atoms with Gasteiger partial charge in [-0.2, -0.15) is 0 Å². The van der Waals surface area contributed by atoms with Crippen LogP contribution in [-0.4, -0.2) is 25.5 Å². The van der Waals surface area contributed by atoms with Gasteiger partial charge in [-0.25, -0.2) is 0 Å². The van der Waals surface area contributed by atoms with Crippen LogP contribution in [0.15, 0.2) is 12.7 Å². The van der Waals surface area contributed by atoms with Gasteiger partial charge in [0, 0.05) is 13.1 Å². The van der Waals surface area contributed by atoms with Crippen LogP contribution in [0.25, 0.3) is 0 Å². The number of hydrogen-bond acceptors (Lipinski definition) is 2. The maximum Gasteiger partial charge on any atom is 0.233 e. The van der Waals surface area contributed by atoms with Gasteiger partial charge in [-0.1, -0.05) is 6.08 Å². The highest BCUT2D eigenvalue weighted by Crippen LogP contribution is 2.27. The van der Waals surface area contributed by atoms with E-state index in [1.54, 1.807) is 6.08 Å². The van der Waals surface area contributed by atoms with Crippen molar-refractivity contribution in [3.05, 3.63) is 12.7 Å². The van der Waals surface area contributed by atoms with Crippen molar-refractivity contribution in [1.82, 2.24) is 10.6 Å². The fourth-order valence-corrected chi connectivity index (χ4v) is 0.930. The molecule has 0 aromatic rings. The van der Waals surface area contributed by atoms with E-state index in [-0.39, 0.29) is 5.91 Å². The fourth-order valence-electron chi connectivity index (χ4n) is 0.930. The third-order valence-corrected chi connectivity index (χ3v) is 1.86. The molecule has 1 fully saturated rings. The van der Waals surface area contributed by atoms with E-state index in [1.807, 2.05) is 0 Å². The molecule has 2 N–H and O–H groups in total. The Hall–Kier alpha value is -0.830. The molecule has 1 aliphatic carbocycles. The van der Waals surface area contributed by atoms with Gasteiger partial charge < -0.3 is 10.6 Å². The smallest absolute Gasteiger partial charge is 0.233 e. The molecule has 0 unspecified atom stereocenters. The summed E-state index contributed by atoms with van der Waals surface area (Å²) < 4.78 is 0. The van der Waals surface area contributed by atoms with Gasteiger partial charge in [0.25, 0.3) is 0 Å². The van der Waals surface area contributed by atoms with Crippen molar-refractivity contribution in [3.8, 4) is 0 Å². The second-order valence-corrected chi connectivity index (χ2v) is 3.17. The molecule has 1 aliphatic rings. The van der Waals surface area contributed by atoms with Crippen LogP contribution in [-0.2, 0) is 4.79 Å². The second-order valence-electron chi connectivity index (χ2n) is 3.17. The summed E-state index contributed by atoms with van der Waals surface area (Å²) in [4.78, 5) is 11.0. The molecule has 3 nitrogen and oxygen atoms in total. The first kappa shape index (κ1) is 9.26. The van der Waals surface area contributed by atoms with E-state index in [9.17, 15) is 4.79 Å². The van der Waals surface area contributed by atoms with Gasteiger partial charge in [-0.05, 0) is 18.8 Å². The summed E-state index contributed by atoms with van der Waals surface area (Å²) in [7, 11) is 0. The Morgan fingerprint density at radius 2 is 2.33 bits per heavy atom. The number of amides is 1. The average Bonchev–Trinajstić information content (AvgIpc) is 2.84. The molecular formula is C9H16N2O. The van der Waals surface area contributed by atoms with Crippen LogP contribution in [0, 0.1) is 5.92 Å². The molecule has 1 saturated carbocycles. The van der Waals surface area contributed by atoms with E-state index in [0.29, 0.717) is 13.1 Å². The average molecular weight is 168 g/mol. The summed E-state index contributed by atoms with van der Waals surface area (Å²) in [6, 6.07) is 0. The zero-order valence-electron chi connectivity index (χ0n) is 7.31. The Morgan fingerprint density at radius 3 is 2.92 bits per heavy atom. The summed E-state index contributed by atoms with van der Waals surface area (Å²) in [6.07, 6.45) is 4.30. The van der Waals surface area contributed by atoms with Crippen molar-refractivity contribution in [3.63, 3.8) is 0 Å². The maximum absolute atomic E-state index is 11.0. The minimum atomic E-state index is 0.0868. The zero-order valence-corrected chi connectivity index (χ0v) is 7.31. The van der Waals surface area contributed by atoms with Gasteiger partial charge in [0.05, 0.1) is 6.54 Å². The van der Waals surface area contributed by atoms with Crippen molar-refractivity contribution in [2.24, 2.45) is 5.92 Å². The van der Waals surface area contributed by atoms with Gasteiger partial charge in [-0.15, -0.1) is 6.58 Å². The Morgan fingerprint density at radius 1 is 1.58 bits per heavy atom. The lowest BCUT2D eigenvalue weighted by molar-refractivity contribution is -0.120. The quantitative estimate of drug-likeness (QED) is 0.442. The van der Waals surface area contributed by atoms with Gasteiger partial charge in [0.15, 0.2) is 0 Å². The summed E-state index contributed by atoms with van der Waals surface area (Å²) in [5.74, 6) is 0.845. The largest absolute Gasteiger partial charge is 0.355 e. The van der Waals surface area contributed by atoms with Crippen molar-refractivity contribution in [2.45, 2.75) is 12.8 Å². The lowest BCUT2D eigenvalue weighted by Crippen LogP contribution is -2.34. The van der Waals surface area contributed by atoms with Crippen LogP contribution in [0.3, 0.4) is 0 Å². The van der Waals surface area contributed by atoms with Gasteiger partial charge in [0.1, 0.15) is 0 Å². The van der Waals surface area contributed by atoms with E-state index < -0.39 is 0 Å². The fraction of sp³-hybridized carbons (Fsp3) is 0.667. The molecule has 0 aromatic carbocycles. The predicted octanol–water partition coefficient (Wildman–Crippen LogP) is 0.288. The monoisotopic (exact) mass is 168 g/mol. The molecule has 1 rings (SSSR count). The molecule has 0 radical (unpaired) electrons. The normalized spacial score (nSPS) is 15.7. The number of carbonyl (C=O) groups is 1. The highest BCUT2D eigenvalue weighted by atomic mass is 16.1. The van der Waals surface area contributed by atoms with Crippen LogP contribution in [0.2, 0.25) is 0 Å².